The van der Waals surface area contributed by atoms with E-state index in [4.69, 9.17) is 0 Å². The lowest BCUT2D eigenvalue weighted by Crippen LogP contribution is -2.07. The summed E-state index contributed by atoms with van der Waals surface area (Å²) in [6, 6.07) is 18.1. The third-order valence-electron chi connectivity index (χ3n) is 3.06. The van der Waals surface area contributed by atoms with Crippen LogP contribution in [0.2, 0.25) is 0 Å². The molecule has 0 fully saturated rings. The highest BCUT2D eigenvalue weighted by Crippen LogP contribution is 2.32. The zero-order valence-electron chi connectivity index (χ0n) is 12.9. The van der Waals surface area contributed by atoms with Crippen molar-refractivity contribution in [2.24, 2.45) is 0 Å². The van der Waals surface area contributed by atoms with Gasteiger partial charge in [0.05, 0.1) is 0 Å². The Labute approximate surface area is 131 Å². The molecule has 0 aliphatic rings. The van der Waals surface area contributed by atoms with Crippen molar-refractivity contribution in [3.8, 4) is 0 Å². The number of benzene rings is 2. The minimum Gasteiger partial charge on any atom is -0.294 e. The molecule has 0 atom stereocenters. The number of ketones is 1. The molecule has 2 aromatic carbocycles. The SMILES string of the molecule is CC(C)(C)Sc1cccc(C(=O)CCc2ccccc2)c1. The average Bonchev–Trinajstić information content (AvgIpc) is 2.44. The average molecular weight is 298 g/mol. The summed E-state index contributed by atoms with van der Waals surface area (Å²) in [6.07, 6.45) is 1.37. The summed E-state index contributed by atoms with van der Waals surface area (Å²) in [4.78, 5) is 13.5. The summed E-state index contributed by atoms with van der Waals surface area (Å²) in [5, 5.41) is 0. The third kappa shape index (κ3) is 5.39. The van der Waals surface area contributed by atoms with Gasteiger partial charge in [-0.2, -0.15) is 0 Å². The molecule has 0 aliphatic heterocycles. The van der Waals surface area contributed by atoms with Crippen molar-refractivity contribution in [2.75, 3.05) is 0 Å². The molecular formula is C19H22OS. The number of hydrogen-bond donors (Lipinski definition) is 0. The van der Waals surface area contributed by atoms with E-state index in [0.29, 0.717) is 6.42 Å². The van der Waals surface area contributed by atoms with Gasteiger partial charge in [-0.1, -0.05) is 63.2 Å². The molecule has 2 heteroatoms. The molecule has 110 valence electrons. The minimum absolute atomic E-state index is 0.158. The number of carbonyl (C=O) groups is 1. The van der Waals surface area contributed by atoms with Crippen LogP contribution in [-0.2, 0) is 6.42 Å². The predicted octanol–water partition coefficient (Wildman–Crippen LogP) is 5.39. The summed E-state index contributed by atoms with van der Waals surface area (Å²) in [5.41, 5.74) is 2.03. The Morgan fingerprint density at radius 1 is 1.00 bits per heavy atom. The van der Waals surface area contributed by atoms with Crippen molar-refractivity contribution in [3.63, 3.8) is 0 Å². The van der Waals surface area contributed by atoms with Crippen molar-refractivity contribution >= 4 is 17.5 Å². The van der Waals surface area contributed by atoms with E-state index < -0.39 is 0 Å². The first kappa shape index (κ1) is 15.8. The van der Waals surface area contributed by atoms with E-state index in [1.165, 1.54) is 5.56 Å². The molecule has 0 radical (unpaired) electrons. The quantitative estimate of drug-likeness (QED) is 0.543. The summed E-state index contributed by atoms with van der Waals surface area (Å²) in [5.74, 6) is 0.218. The Balaban J connectivity index is 2.01. The molecule has 0 aliphatic carbocycles. The van der Waals surface area contributed by atoms with Gasteiger partial charge < -0.3 is 0 Å². The molecule has 2 rings (SSSR count). The number of aryl methyl sites for hydroxylation is 1. The molecule has 21 heavy (non-hydrogen) atoms. The second kappa shape index (κ2) is 6.95. The molecular weight excluding hydrogens is 276 g/mol. The molecule has 2 aromatic rings. The van der Waals surface area contributed by atoms with E-state index in [2.05, 4.69) is 39.0 Å². The van der Waals surface area contributed by atoms with Crippen molar-refractivity contribution in [1.82, 2.24) is 0 Å². The Kier molecular flexibility index (Phi) is 5.24. The maximum atomic E-state index is 12.3. The molecule has 0 unspecified atom stereocenters. The maximum absolute atomic E-state index is 12.3. The number of carbonyl (C=O) groups excluding carboxylic acids is 1. The largest absolute Gasteiger partial charge is 0.294 e. The van der Waals surface area contributed by atoms with Gasteiger partial charge in [-0.25, -0.2) is 0 Å². The molecule has 0 heterocycles. The van der Waals surface area contributed by atoms with Gasteiger partial charge in [-0.05, 0) is 24.1 Å². The monoisotopic (exact) mass is 298 g/mol. The van der Waals surface area contributed by atoms with Gasteiger partial charge in [-0.15, -0.1) is 11.8 Å². The zero-order chi connectivity index (χ0) is 15.3. The minimum atomic E-state index is 0.158. The number of hydrogen-bond acceptors (Lipinski definition) is 2. The van der Waals surface area contributed by atoms with Crippen molar-refractivity contribution in [2.45, 2.75) is 43.3 Å². The van der Waals surface area contributed by atoms with E-state index in [0.717, 1.165) is 16.9 Å². The van der Waals surface area contributed by atoms with Crippen molar-refractivity contribution < 1.29 is 4.79 Å². The Bertz CT molecular complexity index is 596. The highest BCUT2D eigenvalue weighted by molar-refractivity contribution is 8.00. The van der Waals surface area contributed by atoms with E-state index >= 15 is 0 Å². The number of thioether (sulfide) groups is 1. The van der Waals surface area contributed by atoms with Gasteiger partial charge in [0.1, 0.15) is 0 Å². The first-order chi connectivity index (χ1) is 9.94. The number of rotatable bonds is 5. The molecule has 0 saturated carbocycles. The predicted molar refractivity (Wildman–Crippen MR) is 91.1 cm³/mol. The molecule has 0 amide bonds. The van der Waals surface area contributed by atoms with Crippen LogP contribution in [0.15, 0.2) is 59.5 Å². The second-order valence-corrected chi connectivity index (χ2v) is 8.05. The van der Waals surface area contributed by atoms with Crippen molar-refractivity contribution in [3.05, 3.63) is 65.7 Å². The summed E-state index contributed by atoms with van der Waals surface area (Å²) in [7, 11) is 0. The van der Waals surface area contributed by atoms with E-state index in [1.807, 2.05) is 36.4 Å². The normalized spacial score (nSPS) is 11.4. The topological polar surface area (TPSA) is 17.1 Å². The first-order valence-corrected chi connectivity index (χ1v) is 8.12. The van der Waals surface area contributed by atoms with Crippen LogP contribution >= 0.6 is 11.8 Å². The fourth-order valence-electron chi connectivity index (χ4n) is 2.13. The fraction of sp³-hybridized carbons (Fsp3) is 0.316. The zero-order valence-corrected chi connectivity index (χ0v) is 13.7. The van der Waals surface area contributed by atoms with Gasteiger partial charge in [0, 0.05) is 21.6 Å². The van der Waals surface area contributed by atoms with Crippen LogP contribution in [0.5, 0.6) is 0 Å². The number of Topliss-reactive ketones (excluding diaryl/α,β-unsaturated/α-hetero) is 1. The van der Waals surface area contributed by atoms with Gasteiger partial charge in [-0.3, -0.25) is 4.79 Å². The molecule has 0 spiro atoms. The molecule has 0 N–H and O–H groups in total. The first-order valence-electron chi connectivity index (χ1n) is 7.30. The van der Waals surface area contributed by atoms with E-state index in [9.17, 15) is 4.79 Å². The standard InChI is InChI=1S/C19H22OS/c1-19(2,3)21-17-11-7-10-16(14-17)18(20)13-12-15-8-5-4-6-9-15/h4-11,14H,12-13H2,1-3H3. The fourth-order valence-corrected chi connectivity index (χ4v) is 3.17. The lowest BCUT2D eigenvalue weighted by Gasteiger charge is -2.17. The van der Waals surface area contributed by atoms with Gasteiger partial charge >= 0.3 is 0 Å². The second-order valence-electron chi connectivity index (χ2n) is 6.15. The Hall–Kier alpha value is -1.54. The molecule has 0 bridgehead atoms. The van der Waals surface area contributed by atoms with Crippen LogP contribution in [0, 0.1) is 0 Å². The van der Waals surface area contributed by atoms with Crippen molar-refractivity contribution in [1.29, 1.82) is 0 Å². The van der Waals surface area contributed by atoms with Crippen LogP contribution in [0.25, 0.3) is 0 Å². The molecule has 0 saturated heterocycles. The van der Waals surface area contributed by atoms with Gasteiger partial charge in [0.15, 0.2) is 5.78 Å². The van der Waals surface area contributed by atoms with Crippen LogP contribution < -0.4 is 0 Å². The summed E-state index contributed by atoms with van der Waals surface area (Å²) < 4.78 is 0.158. The lowest BCUT2D eigenvalue weighted by atomic mass is 10.0. The smallest absolute Gasteiger partial charge is 0.163 e. The van der Waals surface area contributed by atoms with Gasteiger partial charge in [0.2, 0.25) is 0 Å². The molecule has 1 nitrogen and oxygen atoms in total. The van der Waals surface area contributed by atoms with Crippen LogP contribution in [0.3, 0.4) is 0 Å². The van der Waals surface area contributed by atoms with Crippen LogP contribution in [-0.4, -0.2) is 10.5 Å². The van der Waals surface area contributed by atoms with Crippen LogP contribution in [0.1, 0.15) is 43.1 Å². The van der Waals surface area contributed by atoms with E-state index in [1.54, 1.807) is 11.8 Å². The lowest BCUT2D eigenvalue weighted by molar-refractivity contribution is 0.0982. The third-order valence-corrected chi connectivity index (χ3v) is 4.17. The molecule has 0 aromatic heterocycles. The van der Waals surface area contributed by atoms with Crippen LogP contribution in [0.4, 0.5) is 0 Å². The highest BCUT2D eigenvalue weighted by atomic mass is 32.2. The Morgan fingerprint density at radius 2 is 1.71 bits per heavy atom. The van der Waals surface area contributed by atoms with E-state index in [-0.39, 0.29) is 10.5 Å². The maximum Gasteiger partial charge on any atom is 0.163 e. The Morgan fingerprint density at radius 3 is 2.38 bits per heavy atom. The summed E-state index contributed by atoms with van der Waals surface area (Å²) in [6.45, 7) is 6.55. The summed E-state index contributed by atoms with van der Waals surface area (Å²) >= 11 is 1.79. The van der Waals surface area contributed by atoms with Gasteiger partial charge in [0.25, 0.3) is 0 Å². The highest BCUT2D eigenvalue weighted by Gasteiger charge is 2.13.